The summed E-state index contributed by atoms with van der Waals surface area (Å²) >= 11 is 5.95. The second-order valence-corrected chi connectivity index (χ2v) is 10.4. The van der Waals surface area contributed by atoms with E-state index in [2.05, 4.69) is 10.6 Å². The van der Waals surface area contributed by atoms with Crippen LogP contribution in [0.1, 0.15) is 60.4 Å². The van der Waals surface area contributed by atoms with E-state index in [9.17, 15) is 23.2 Å². The van der Waals surface area contributed by atoms with Gasteiger partial charge in [0.1, 0.15) is 5.82 Å². The van der Waals surface area contributed by atoms with Crippen molar-refractivity contribution in [3.8, 4) is 5.75 Å². The van der Waals surface area contributed by atoms with E-state index in [-0.39, 0.29) is 24.9 Å². The molecule has 0 unspecified atom stereocenters. The summed E-state index contributed by atoms with van der Waals surface area (Å²) in [6.07, 6.45) is 2.91. The maximum absolute atomic E-state index is 14.6. The van der Waals surface area contributed by atoms with Gasteiger partial charge in [0.05, 0.1) is 17.6 Å². The fourth-order valence-electron chi connectivity index (χ4n) is 5.10. The standard InChI is InChI=1S/C28H32ClF2N3O5/c29-20-5-1-17(2-6-20)18-9-13-34(14-10-18)28(38)33-12-11-32-26(35)22-15-24(31)25(16-23(22)30)39-21-7-3-19(4-8-21)27(36)37/h1-2,5-6,15-16,18-19,21H,3-4,7-14H2,(H,32,35)(H,33,38)(H,36,37)/t19-,21+. The number of piperidine rings is 1. The maximum Gasteiger partial charge on any atom is 0.317 e. The lowest BCUT2D eigenvalue weighted by atomic mass is 9.87. The Morgan fingerprint density at radius 3 is 2.21 bits per heavy atom. The molecule has 2 fully saturated rings. The van der Waals surface area contributed by atoms with Crippen LogP contribution in [0.5, 0.6) is 5.75 Å². The predicted molar refractivity (Wildman–Crippen MR) is 141 cm³/mol. The van der Waals surface area contributed by atoms with Gasteiger partial charge in [0.25, 0.3) is 5.91 Å². The number of nitrogens with zero attached hydrogens (tertiary/aromatic N) is 1. The summed E-state index contributed by atoms with van der Waals surface area (Å²) in [5, 5.41) is 15.0. The molecule has 39 heavy (non-hydrogen) atoms. The normalized spacial score (nSPS) is 19.8. The zero-order chi connectivity index (χ0) is 27.9. The highest BCUT2D eigenvalue weighted by Crippen LogP contribution is 2.31. The number of rotatable bonds is 8. The van der Waals surface area contributed by atoms with Gasteiger partial charge in [-0.3, -0.25) is 9.59 Å². The average Bonchev–Trinajstić information content (AvgIpc) is 2.93. The van der Waals surface area contributed by atoms with E-state index in [4.69, 9.17) is 21.4 Å². The number of carboxylic acid groups (broad SMARTS) is 1. The van der Waals surface area contributed by atoms with Crippen molar-refractivity contribution in [3.63, 3.8) is 0 Å². The van der Waals surface area contributed by atoms with E-state index < -0.39 is 41.1 Å². The number of carbonyl (C=O) groups excluding carboxylic acids is 2. The molecule has 8 nitrogen and oxygen atoms in total. The predicted octanol–water partition coefficient (Wildman–Crippen LogP) is 4.96. The minimum absolute atomic E-state index is 0.0396. The van der Waals surface area contributed by atoms with Crippen LogP contribution in [0.15, 0.2) is 36.4 Å². The molecule has 210 valence electrons. The number of hydrogen-bond acceptors (Lipinski definition) is 4. The zero-order valence-electron chi connectivity index (χ0n) is 21.4. The molecule has 11 heteroatoms. The number of urea groups is 1. The van der Waals surface area contributed by atoms with Gasteiger partial charge in [-0.05, 0) is 68.2 Å². The Kier molecular flexibility index (Phi) is 9.61. The van der Waals surface area contributed by atoms with Crippen molar-refractivity contribution >= 4 is 29.5 Å². The number of carboxylic acids is 1. The van der Waals surface area contributed by atoms with Crippen molar-refractivity contribution < 1.29 is 33.0 Å². The molecule has 2 aromatic carbocycles. The van der Waals surface area contributed by atoms with Gasteiger partial charge in [0.2, 0.25) is 0 Å². The highest BCUT2D eigenvalue weighted by Gasteiger charge is 2.28. The molecule has 0 radical (unpaired) electrons. The summed E-state index contributed by atoms with van der Waals surface area (Å²) in [7, 11) is 0. The molecule has 3 N–H and O–H groups in total. The molecule has 1 saturated carbocycles. The van der Waals surface area contributed by atoms with E-state index in [0.717, 1.165) is 25.0 Å². The van der Waals surface area contributed by atoms with Gasteiger partial charge in [0, 0.05) is 37.3 Å². The van der Waals surface area contributed by atoms with Gasteiger partial charge in [-0.1, -0.05) is 23.7 Å². The Labute approximate surface area is 230 Å². The third-order valence-electron chi connectivity index (χ3n) is 7.39. The second-order valence-electron chi connectivity index (χ2n) is 9.99. The first-order valence-corrected chi connectivity index (χ1v) is 13.5. The summed E-state index contributed by atoms with van der Waals surface area (Å²) in [6, 6.07) is 9.13. The first-order valence-electron chi connectivity index (χ1n) is 13.2. The topological polar surface area (TPSA) is 108 Å². The van der Waals surface area contributed by atoms with E-state index >= 15 is 0 Å². The van der Waals surface area contributed by atoms with Crippen LogP contribution in [-0.2, 0) is 4.79 Å². The third-order valence-corrected chi connectivity index (χ3v) is 7.65. The van der Waals surface area contributed by atoms with Crippen LogP contribution >= 0.6 is 11.6 Å². The molecule has 2 aromatic rings. The molecule has 0 aromatic heterocycles. The largest absolute Gasteiger partial charge is 0.487 e. The van der Waals surface area contributed by atoms with Crippen LogP contribution in [0.4, 0.5) is 13.6 Å². The quantitative estimate of drug-likeness (QED) is 0.394. The lowest BCUT2D eigenvalue weighted by molar-refractivity contribution is -0.143. The average molecular weight is 564 g/mol. The minimum Gasteiger partial charge on any atom is -0.487 e. The molecule has 1 aliphatic heterocycles. The number of likely N-dealkylation sites (tertiary alicyclic amines) is 1. The minimum atomic E-state index is -0.935. The first-order chi connectivity index (χ1) is 18.7. The van der Waals surface area contributed by atoms with E-state index in [0.29, 0.717) is 49.7 Å². The number of aliphatic carboxylic acids is 1. The van der Waals surface area contributed by atoms with Crippen molar-refractivity contribution in [2.45, 2.75) is 50.5 Å². The van der Waals surface area contributed by atoms with Gasteiger partial charge in [0.15, 0.2) is 11.6 Å². The highest BCUT2D eigenvalue weighted by atomic mass is 35.5. The van der Waals surface area contributed by atoms with Crippen molar-refractivity contribution in [2.24, 2.45) is 5.92 Å². The smallest absolute Gasteiger partial charge is 0.317 e. The molecule has 0 bridgehead atoms. The molecule has 1 saturated heterocycles. The lowest BCUT2D eigenvalue weighted by Crippen LogP contribution is -2.46. The van der Waals surface area contributed by atoms with Crippen LogP contribution in [0.2, 0.25) is 5.02 Å². The fraction of sp³-hybridized carbons (Fsp3) is 0.464. The van der Waals surface area contributed by atoms with Crippen LogP contribution in [0, 0.1) is 17.6 Å². The maximum atomic E-state index is 14.6. The number of carbonyl (C=O) groups is 3. The Bertz CT molecular complexity index is 1180. The Balaban J connectivity index is 1.18. The number of benzene rings is 2. The summed E-state index contributed by atoms with van der Waals surface area (Å²) in [6.45, 7) is 1.38. The van der Waals surface area contributed by atoms with Crippen LogP contribution in [0.25, 0.3) is 0 Å². The highest BCUT2D eigenvalue weighted by molar-refractivity contribution is 6.30. The van der Waals surface area contributed by atoms with E-state index in [1.54, 1.807) is 4.90 Å². The van der Waals surface area contributed by atoms with Gasteiger partial charge >= 0.3 is 12.0 Å². The molecule has 4 rings (SSSR count). The summed E-state index contributed by atoms with van der Waals surface area (Å²) in [5.74, 6) is -3.88. The first kappa shape index (κ1) is 28.6. The summed E-state index contributed by atoms with van der Waals surface area (Å²) in [5.41, 5.74) is 0.735. The number of amides is 3. The number of ether oxygens (including phenoxy) is 1. The van der Waals surface area contributed by atoms with Crippen LogP contribution in [-0.4, -0.2) is 60.2 Å². The Hall–Kier alpha value is -3.40. The number of hydrogen-bond donors (Lipinski definition) is 3. The van der Waals surface area contributed by atoms with Crippen LogP contribution < -0.4 is 15.4 Å². The van der Waals surface area contributed by atoms with Crippen molar-refractivity contribution in [2.75, 3.05) is 26.2 Å². The summed E-state index contributed by atoms with van der Waals surface area (Å²) in [4.78, 5) is 37.7. The van der Waals surface area contributed by atoms with E-state index in [1.807, 2.05) is 24.3 Å². The van der Waals surface area contributed by atoms with Crippen LogP contribution in [0.3, 0.4) is 0 Å². The van der Waals surface area contributed by atoms with E-state index in [1.165, 1.54) is 5.56 Å². The summed E-state index contributed by atoms with van der Waals surface area (Å²) < 4.78 is 34.7. The second kappa shape index (κ2) is 13.1. The Morgan fingerprint density at radius 1 is 0.923 bits per heavy atom. The lowest BCUT2D eigenvalue weighted by Gasteiger charge is -2.32. The monoisotopic (exact) mass is 563 g/mol. The number of halogens is 3. The molecule has 0 atom stereocenters. The fourth-order valence-corrected chi connectivity index (χ4v) is 5.23. The van der Waals surface area contributed by atoms with Gasteiger partial charge in [-0.2, -0.15) is 0 Å². The molecular weight excluding hydrogens is 532 g/mol. The van der Waals surface area contributed by atoms with Crippen molar-refractivity contribution in [3.05, 3.63) is 64.2 Å². The molecule has 1 heterocycles. The Morgan fingerprint density at radius 2 is 1.56 bits per heavy atom. The molecule has 1 aliphatic carbocycles. The van der Waals surface area contributed by atoms with Crippen molar-refractivity contribution in [1.29, 1.82) is 0 Å². The molecule has 2 aliphatic rings. The molecular formula is C28H32ClF2N3O5. The number of nitrogens with one attached hydrogen (secondary N) is 2. The van der Waals surface area contributed by atoms with Crippen molar-refractivity contribution in [1.82, 2.24) is 15.5 Å². The van der Waals surface area contributed by atoms with Gasteiger partial charge in [-0.15, -0.1) is 0 Å². The third kappa shape index (κ3) is 7.59. The molecule has 0 spiro atoms. The van der Waals surface area contributed by atoms with Gasteiger partial charge in [-0.25, -0.2) is 13.6 Å². The SMILES string of the molecule is O=C(NCCNC(=O)N1CCC(c2ccc(Cl)cc2)CC1)c1cc(F)c(O[C@H]2CC[C@@H](C(=O)O)CC2)cc1F. The van der Waals surface area contributed by atoms with Gasteiger partial charge < -0.3 is 25.4 Å². The zero-order valence-corrected chi connectivity index (χ0v) is 22.2. The molecule has 3 amide bonds.